The average molecular weight is 343 g/mol. The molecule has 1 amide bonds. The molecule has 25 heavy (non-hydrogen) atoms. The molecule has 0 bridgehead atoms. The third-order valence-corrected chi connectivity index (χ3v) is 4.26. The number of methoxy groups -OCH3 is 1. The molecular formula is C17H17N3O5. The van der Waals surface area contributed by atoms with E-state index in [-0.39, 0.29) is 12.5 Å². The third-order valence-electron chi connectivity index (χ3n) is 4.26. The van der Waals surface area contributed by atoms with Gasteiger partial charge in [-0.05, 0) is 12.1 Å². The highest BCUT2D eigenvalue weighted by Gasteiger charge is 2.26. The van der Waals surface area contributed by atoms with Gasteiger partial charge in [-0.2, -0.15) is 0 Å². The standard InChI is InChI=1S/C17H17N3O5/c1-23-10-15-18-11-8-19(7-6-13(11)24-15)16(21)9-20-12-4-2-3-5-14(12)25-17(20)22/h2-5H,6-10H2,1H3. The second-order valence-corrected chi connectivity index (χ2v) is 5.90. The van der Waals surface area contributed by atoms with Gasteiger partial charge in [-0.1, -0.05) is 12.1 Å². The van der Waals surface area contributed by atoms with E-state index in [1.807, 2.05) is 0 Å². The molecule has 0 N–H and O–H groups in total. The zero-order chi connectivity index (χ0) is 17.4. The Hall–Kier alpha value is -2.87. The topological polar surface area (TPSA) is 90.7 Å². The summed E-state index contributed by atoms with van der Waals surface area (Å²) in [5.41, 5.74) is 1.83. The molecule has 0 atom stereocenters. The number of carbonyl (C=O) groups is 1. The lowest BCUT2D eigenvalue weighted by molar-refractivity contribution is -0.132. The van der Waals surface area contributed by atoms with Gasteiger partial charge in [0.1, 0.15) is 24.6 Å². The maximum absolute atomic E-state index is 12.6. The fraction of sp³-hybridized carbons (Fsp3) is 0.353. The Morgan fingerprint density at radius 2 is 2.16 bits per heavy atom. The van der Waals surface area contributed by atoms with Crippen molar-refractivity contribution in [1.82, 2.24) is 14.5 Å². The number of fused-ring (bicyclic) bond motifs is 2. The predicted octanol–water partition coefficient (Wildman–Crippen LogP) is 1.31. The average Bonchev–Trinajstić information content (AvgIpc) is 3.15. The highest BCUT2D eigenvalue weighted by Crippen LogP contribution is 2.21. The van der Waals surface area contributed by atoms with Crippen LogP contribution in [0.25, 0.3) is 11.1 Å². The molecule has 1 aliphatic rings. The van der Waals surface area contributed by atoms with Gasteiger partial charge in [0.05, 0.1) is 12.1 Å². The Labute approximate surface area is 142 Å². The Morgan fingerprint density at radius 3 is 3.00 bits per heavy atom. The number of carbonyl (C=O) groups excluding carboxylic acids is 1. The highest BCUT2D eigenvalue weighted by atomic mass is 16.5. The number of para-hydroxylation sites is 2. The molecule has 130 valence electrons. The zero-order valence-corrected chi connectivity index (χ0v) is 13.7. The Morgan fingerprint density at radius 1 is 1.32 bits per heavy atom. The molecule has 0 unspecified atom stereocenters. The lowest BCUT2D eigenvalue weighted by Crippen LogP contribution is -2.39. The minimum atomic E-state index is -0.531. The molecule has 0 spiro atoms. The summed E-state index contributed by atoms with van der Waals surface area (Å²) < 4.78 is 17.2. The van der Waals surface area contributed by atoms with E-state index in [9.17, 15) is 9.59 Å². The summed E-state index contributed by atoms with van der Waals surface area (Å²) in [7, 11) is 1.58. The number of nitrogens with zero attached hydrogens (tertiary/aromatic N) is 3. The molecule has 1 aliphatic heterocycles. The SMILES string of the molecule is COCc1nc2c(o1)CCN(C(=O)Cn1c(=O)oc3ccccc31)C2. The van der Waals surface area contributed by atoms with E-state index in [0.29, 0.717) is 43.1 Å². The summed E-state index contributed by atoms with van der Waals surface area (Å²) in [4.78, 5) is 30.7. The monoisotopic (exact) mass is 343 g/mol. The maximum Gasteiger partial charge on any atom is 0.420 e. The van der Waals surface area contributed by atoms with Gasteiger partial charge in [0.2, 0.25) is 11.8 Å². The van der Waals surface area contributed by atoms with Crippen molar-refractivity contribution in [3.63, 3.8) is 0 Å². The predicted molar refractivity (Wildman–Crippen MR) is 86.8 cm³/mol. The number of hydrogen-bond acceptors (Lipinski definition) is 6. The van der Waals surface area contributed by atoms with Crippen molar-refractivity contribution in [2.24, 2.45) is 0 Å². The van der Waals surface area contributed by atoms with Crippen LogP contribution < -0.4 is 5.76 Å². The summed E-state index contributed by atoms with van der Waals surface area (Å²) in [6.45, 7) is 1.13. The maximum atomic E-state index is 12.6. The van der Waals surface area contributed by atoms with Crippen LogP contribution in [0.3, 0.4) is 0 Å². The molecule has 8 heteroatoms. The molecule has 0 saturated carbocycles. The number of amides is 1. The first kappa shape index (κ1) is 15.6. The van der Waals surface area contributed by atoms with Crippen LogP contribution in [0.1, 0.15) is 17.3 Å². The summed E-state index contributed by atoms with van der Waals surface area (Å²) in [6, 6.07) is 7.05. The van der Waals surface area contributed by atoms with E-state index in [0.717, 1.165) is 11.5 Å². The van der Waals surface area contributed by atoms with Crippen molar-refractivity contribution in [1.29, 1.82) is 0 Å². The van der Waals surface area contributed by atoms with Crippen molar-refractivity contribution >= 4 is 17.0 Å². The molecule has 4 rings (SSSR count). The summed E-state index contributed by atoms with van der Waals surface area (Å²) in [5.74, 6) is 0.618. The molecule has 0 radical (unpaired) electrons. The molecule has 2 aromatic heterocycles. The van der Waals surface area contributed by atoms with Crippen LogP contribution >= 0.6 is 0 Å². The largest absolute Gasteiger partial charge is 0.443 e. The quantitative estimate of drug-likeness (QED) is 0.709. The van der Waals surface area contributed by atoms with Crippen molar-refractivity contribution in [3.05, 3.63) is 52.2 Å². The normalized spacial score (nSPS) is 14.0. The first-order valence-electron chi connectivity index (χ1n) is 7.98. The number of benzene rings is 1. The van der Waals surface area contributed by atoms with Crippen LogP contribution in [-0.2, 0) is 35.6 Å². The van der Waals surface area contributed by atoms with Crippen LogP contribution in [0.15, 0.2) is 37.9 Å². The van der Waals surface area contributed by atoms with Gasteiger partial charge in [0.25, 0.3) is 0 Å². The minimum absolute atomic E-state index is 0.0615. The summed E-state index contributed by atoms with van der Waals surface area (Å²) >= 11 is 0. The number of aromatic nitrogens is 2. The molecule has 1 aromatic carbocycles. The molecule has 0 aliphatic carbocycles. The van der Waals surface area contributed by atoms with Gasteiger partial charge >= 0.3 is 5.76 Å². The fourth-order valence-corrected chi connectivity index (χ4v) is 3.05. The molecule has 3 heterocycles. The lowest BCUT2D eigenvalue weighted by Gasteiger charge is -2.25. The number of ether oxygens (including phenoxy) is 1. The van der Waals surface area contributed by atoms with Gasteiger partial charge in [0.15, 0.2) is 5.58 Å². The van der Waals surface area contributed by atoms with Crippen molar-refractivity contribution < 1.29 is 18.4 Å². The van der Waals surface area contributed by atoms with E-state index >= 15 is 0 Å². The Bertz CT molecular complexity index is 984. The Balaban J connectivity index is 1.53. The number of oxazole rings is 2. The molecule has 3 aromatic rings. The van der Waals surface area contributed by atoms with Crippen LogP contribution in [-0.4, -0.2) is 34.0 Å². The first-order chi connectivity index (χ1) is 12.2. The third kappa shape index (κ3) is 2.85. The number of rotatable bonds is 4. The van der Waals surface area contributed by atoms with E-state index in [4.69, 9.17) is 13.6 Å². The van der Waals surface area contributed by atoms with Crippen molar-refractivity contribution in [2.45, 2.75) is 26.1 Å². The van der Waals surface area contributed by atoms with Gasteiger partial charge < -0.3 is 18.5 Å². The zero-order valence-electron chi connectivity index (χ0n) is 13.7. The van der Waals surface area contributed by atoms with E-state index in [1.54, 1.807) is 36.3 Å². The first-order valence-corrected chi connectivity index (χ1v) is 7.98. The van der Waals surface area contributed by atoms with Crippen molar-refractivity contribution in [2.75, 3.05) is 13.7 Å². The van der Waals surface area contributed by atoms with Gasteiger partial charge in [-0.3, -0.25) is 9.36 Å². The van der Waals surface area contributed by atoms with E-state index in [1.165, 1.54) is 4.57 Å². The van der Waals surface area contributed by atoms with Gasteiger partial charge in [-0.25, -0.2) is 9.78 Å². The smallest absolute Gasteiger partial charge is 0.420 e. The van der Waals surface area contributed by atoms with Crippen LogP contribution in [0.4, 0.5) is 0 Å². The molecular weight excluding hydrogens is 326 g/mol. The number of hydrogen-bond donors (Lipinski definition) is 0. The Kier molecular flexibility index (Phi) is 3.89. The van der Waals surface area contributed by atoms with Gasteiger partial charge in [0, 0.05) is 20.1 Å². The fourth-order valence-electron chi connectivity index (χ4n) is 3.05. The second kappa shape index (κ2) is 6.21. The van der Waals surface area contributed by atoms with Crippen LogP contribution in [0.2, 0.25) is 0 Å². The second-order valence-electron chi connectivity index (χ2n) is 5.90. The summed E-state index contributed by atoms with van der Waals surface area (Å²) in [5, 5.41) is 0. The van der Waals surface area contributed by atoms with Crippen LogP contribution in [0.5, 0.6) is 0 Å². The van der Waals surface area contributed by atoms with E-state index < -0.39 is 5.76 Å². The van der Waals surface area contributed by atoms with Gasteiger partial charge in [-0.15, -0.1) is 0 Å². The lowest BCUT2D eigenvalue weighted by atomic mass is 10.1. The minimum Gasteiger partial charge on any atom is -0.443 e. The highest BCUT2D eigenvalue weighted by molar-refractivity contribution is 5.79. The van der Waals surface area contributed by atoms with E-state index in [2.05, 4.69) is 4.98 Å². The van der Waals surface area contributed by atoms with Crippen LogP contribution in [0, 0.1) is 0 Å². The summed E-state index contributed by atoms with van der Waals surface area (Å²) in [6.07, 6.45) is 0.596. The molecule has 8 nitrogen and oxygen atoms in total. The molecule has 0 saturated heterocycles. The van der Waals surface area contributed by atoms with Crippen molar-refractivity contribution in [3.8, 4) is 0 Å². The molecule has 0 fully saturated rings.